The van der Waals surface area contributed by atoms with Crippen LogP contribution in [0.15, 0.2) is 15.9 Å². The first-order valence-electron chi connectivity index (χ1n) is 5.55. The van der Waals surface area contributed by atoms with Crippen molar-refractivity contribution < 1.29 is 9.53 Å². The lowest BCUT2D eigenvalue weighted by atomic mass is 10.3. The van der Waals surface area contributed by atoms with Gasteiger partial charge in [-0.05, 0) is 35.0 Å². The Morgan fingerprint density at radius 1 is 1.58 bits per heavy atom. The Kier molecular flexibility index (Phi) is 4.95. The molecule has 0 aliphatic rings. The molecule has 0 N–H and O–H groups in total. The molecule has 2 aromatic heterocycles. The van der Waals surface area contributed by atoms with Crippen LogP contribution >= 0.6 is 38.9 Å². The van der Waals surface area contributed by atoms with Crippen LogP contribution in [0.4, 0.5) is 0 Å². The maximum absolute atomic E-state index is 11.7. The van der Waals surface area contributed by atoms with E-state index in [1.807, 2.05) is 12.1 Å². The van der Waals surface area contributed by atoms with E-state index >= 15 is 0 Å². The van der Waals surface area contributed by atoms with Crippen LogP contribution in [0.5, 0.6) is 0 Å². The number of carbonyl (C=O) groups is 1. The number of alkyl halides is 1. The lowest BCUT2D eigenvalue weighted by Gasteiger charge is -2.03. The second-order valence-electron chi connectivity index (χ2n) is 3.60. The van der Waals surface area contributed by atoms with Crippen LogP contribution in [0.1, 0.15) is 28.0 Å². The number of rotatable bonds is 5. The number of carbonyl (C=O) groups excluding carboxylic acids is 1. The first-order valence-corrected chi connectivity index (χ1v) is 7.69. The number of esters is 1. The molecule has 0 aliphatic heterocycles. The lowest BCUT2D eigenvalue weighted by Crippen LogP contribution is -2.10. The Morgan fingerprint density at radius 2 is 2.37 bits per heavy atom. The van der Waals surface area contributed by atoms with E-state index in [0.29, 0.717) is 18.8 Å². The van der Waals surface area contributed by atoms with Crippen molar-refractivity contribution in [2.45, 2.75) is 19.3 Å². The van der Waals surface area contributed by atoms with Gasteiger partial charge >= 0.3 is 5.97 Å². The van der Waals surface area contributed by atoms with Gasteiger partial charge in [0.05, 0.1) is 28.5 Å². The van der Waals surface area contributed by atoms with Crippen LogP contribution in [0.2, 0.25) is 0 Å². The first kappa shape index (κ1) is 14.5. The highest BCUT2D eigenvalue weighted by atomic mass is 79.9. The van der Waals surface area contributed by atoms with Crippen molar-refractivity contribution in [3.8, 4) is 0 Å². The summed E-state index contributed by atoms with van der Waals surface area (Å²) in [4.78, 5) is 12.8. The molecule has 0 saturated carbocycles. The fourth-order valence-electron chi connectivity index (χ4n) is 1.53. The van der Waals surface area contributed by atoms with Gasteiger partial charge in [-0.3, -0.25) is 0 Å². The normalized spacial score (nSPS) is 10.7. The Labute approximate surface area is 127 Å². The molecule has 2 aromatic rings. The number of nitrogens with zero attached hydrogens (tertiary/aromatic N) is 3. The van der Waals surface area contributed by atoms with Gasteiger partial charge in [-0.2, -0.15) is 0 Å². The predicted octanol–water partition coefficient (Wildman–Crippen LogP) is 3.07. The summed E-state index contributed by atoms with van der Waals surface area (Å²) >= 11 is 10.9. The standard InChI is InChI=1S/C11H11BrClN3O2S/c1-2-18-11(17)10-8(5-13)16(15-14-10)6-7-3-4-9(12)19-7/h3-4H,2,5-6H2,1H3. The van der Waals surface area contributed by atoms with E-state index in [1.54, 1.807) is 22.9 Å². The van der Waals surface area contributed by atoms with Crippen LogP contribution in [0, 0.1) is 0 Å². The van der Waals surface area contributed by atoms with Crippen LogP contribution in [-0.4, -0.2) is 27.6 Å². The van der Waals surface area contributed by atoms with E-state index in [2.05, 4.69) is 26.2 Å². The van der Waals surface area contributed by atoms with Crippen molar-refractivity contribution in [2.75, 3.05) is 6.61 Å². The van der Waals surface area contributed by atoms with Gasteiger partial charge in [-0.25, -0.2) is 9.48 Å². The minimum absolute atomic E-state index is 0.160. The second-order valence-corrected chi connectivity index (χ2v) is 6.42. The van der Waals surface area contributed by atoms with Crippen LogP contribution < -0.4 is 0 Å². The van der Waals surface area contributed by atoms with Gasteiger partial charge < -0.3 is 4.74 Å². The Balaban J connectivity index is 2.24. The summed E-state index contributed by atoms with van der Waals surface area (Å²) in [6.07, 6.45) is 0. The first-order chi connectivity index (χ1) is 9.15. The molecule has 0 radical (unpaired) electrons. The van der Waals surface area contributed by atoms with Gasteiger partial charge in [0.2, 0.25) is 0 Å². The molecule has 0 unspecified atom stereocenters. The van der Waals surface area contributed by atoms with Crippen molar-refractivity contribution >= 4 is 44.8 Å². The van der Waals surface area contributed by atoms with Gasteiger partial charge in [-0.15, -0.1) is 28.0 Å². The summed E-state index contributed by atoms with van der Waals surface area (Å²) in [5.41, 5.74) is 0.761. The summed E-state index contributed by atoms with van der Waals surface area (Å²) in [5.74, 6) is -0.329. The third kappa shape index (κ3) is 3.34. The third-order valence-corrected chi connectivity index (χ3v) is 4.23. The highest BCUT2D eigenvalue weighted by molar-refractivity contribution is 9.11. The number of hydrogen-bond acceptors (Lipinski definition) is 5. The molecule has 0 fully saturated rings. The number of ether oxygens (including phenoxy) is 1. The Hall–Kier alpha value is -0.920. The minimum atomic E-state index is -0.489. The monoisotopic (exact) mass is 363 g/mol. The SMILES string of the molecule is CCOC(=O)c1nnn(Cc2ccc(Br)s2)c1CCl. The van der Waals surface area contributed by atoms with Gasteiger partial charge in [0.1, 0.15) is 0 Å². The molecule has 102 valence electrons. The van der Waals surface area contributed by atoms with E-state index in [4.69, 9.17) is 16.3 Å². The van der Waals surface area contributed by atoms with E-state index < -0.39 is 5.97 Å². The zero-order valence-corrected chi connectivity index (χ0v) is 13.3. The van der Waals surface area contributed by atoms with Crippen LogP contribution in [0.25, 0.3) is 0 Å². The molecule has 0 aromatic carbocycles. The number of aromatic nitrogens is 3. The van der Waals surface area contributed by atoms with Crippen molar-refractivity contribution in [1.82, 2.24) is 15.0 Å². The fourth-order valence-corrected chi connectivity index (χ4v) is 3.26. The van der Waals surface area contributed by atoms with E-state index in [0.717, 1.165) is 8.66 Å². The largest absolute Gasteiger partial charge is 0.461 e. The maximum atomic E-state index is 11.7. The van der Waals surface area contributed by atoms with Crippen molar-refractivity contribution in [3.05, 3.63) is 32.2 Å². The van der Waals surface area contributed by atoms with E-state index in [1.165, 1.54) is 0 Å². The highest BCUT2D eigenvalue weighted by Crippen LogP contribution is 2.23. The van der Waals surface area contributed by atoms with Gasteiger partial charge in [0.25, 0.3) is 0 Å². The molecule has 0 atom stereocenters. The topological polar surface area (TPSA) is 57.0 Å². The molecule has 8 heteroatoms. The van der Waals surface area contributed by atoms with Gasteiger partial charge in [0, 0.05) is 4.88 Å². The Bertz CT molecular complexity index is 584. The average molecular weight is 365 g/mol. The quantitative estimate of drug-likeness (QED) is 0.604. The molecular weight excluding hydrogens is 354 g/mol. The highest BCUT2D eigenvalue weighted by Gasteiger charge is 2.20. The smallest absolute Gasteiger partial charge is 0.360 e. The van der Waals surface area contributed by atoms with E-state index in [-0.39, 0.29) is 11.6 Å². The van der Waals surface area contributed by atoms with Crippen molar-refractivity contribution in [2.24, 2.45) is 0 Å². The zero-order chi connectivity index (χ0) is 13.8. The molecule has 19 heavy (non-hydrogen) atoms. The number of hydrogen-bond donors (Lipinski definition) is 0. The Morgan fingerprint density at radius 3 is 2.95 bits per heavy atom. The lowest BCUT2D eigenvalue weighted by molar-refractivity contribution is 0.0518. The molecule has 0 amide bonds. The zero-order valence-electron chi connectivity index (χ0n) is 10.1. The molecule has 0 aliphatic carbocycles. The summed E-state index contributed by atoms with van der Waals surface area (Å²) in [6.45, 7) is 2.57. The van der Waals surface area contributed by atoms with Crippen LogP contribution in [0.3, 0.4) is 0 Å². The molecular formula is C11H11BrClN3O2S. The molecule has 5 nitrogen and oxygen atoms in total. The molecule has 0 bridgehead atoms. The van der Waals surface area contributed by atoms with Gasteiger partial charge in [0.15, 0.2) is 5.69 Å². The second kappa shape index (κ2) is 6.49. The van der Waals surface area contributed by atoms with Crippen molar-refractivity contribution in [3.63, 3.8) is 0 Å². The maximum Gasteiger partial charge on any atom is 0.360 e. The number of thiophene rings is 1. The molecule has 0 spiro atoms. The van der Waals surface area contributed by atoms with E-state index in [9.17, 15) is 4.79 Å². The summed E-state index contributed by atoms with van der Waals surface area (Å²) < 4.78 is 7.58. The predicted molar refractivity (Wildman–Crippen MR) is 76.7 cm³/mol. The summed E-state index contributed by atoms with van der Waals surface area (Å²) in [6, 6.07) is 3.95. The third-order valence-electron chi connectivity index (χ3n) is 2.37. The minimum Gasteiger partial charge on any atom is -0.461 e. The molecule has 2 rings (SSSR count). The average Bonchev–Trinajstić information content (AvgIpc) is 2.96. The van der Waals surface area contributed by atoms with Crippen LogP contribution in [-0.2, 0) is 17.2 Å². The van der Waals surface area contributed by atoms with Gasteiger partial charge in [-0.1, -0.05) is 5.21 Å². The summed E-state index contributed by atoms with van der Waals surface area (Å²) in [7, 11) is 0. The number of halogens is 2. The van der Waals surface area contributed by atoms with Crippen molar-refractivity contribution in [1.29, 1.82) is 0 Å². The molecule has 0 saturated heterocycles. The fraction of sp³-hybridized carbons (Fsp3) is 0.364. The molecule has 2 heterocycles. The summed E-state index contributed by atoms with van der Waals surface area (Å²) in [5, 5.41) is 7.82.